The van der Waals surface area contributed by atoms with Crippen LogP contribution in [-0.4, -0.2) is 40.9 Å². The Labute approximate surface area is 173 Å². The summed E-state index contributed by atoms with van der Waals surface area (Å²) in [7, 11) is 0. The van der Waals surface area contributed by atoms with E-state index in [0.29, 0.717) is 41.8 Å². The van der Waals surface area contributed by atoms with Crippen LogP contribution in [0.4, 0.5) is 5.13 Å². The molecule has 3 rings (SSSR count). The predicted molar refractivity (Wildman–Crippen MR) is 111 cm³/mol. The minimum Gasteiger partial charge on any atom is -0.481 e. The number of aromatic nitrogens is 1. The van der Waals surface area contributed by atoms with Gasteiger partial charge in [0, 0.05) is 29.4 Å². The number of amides is 2. The number of halogens is 1. The van der Waals surface area contributed by atoms with E-state index in [-0.39, 0.29) is 17.7 Å². The molecule has 28 heavy (non-hydrogen) atoms. The topological polar surface area (TPSA) is 71.5 Å². The van der Waals surface area contributed by atoms with Crippen molar-refractivity contribution in [1.82, 2.24) is 9.88 Å². The molecule has 8 heteroatoms. The molecule has 0 aliphatic carbocycles. The quantitative estimate of drug-likeness (QED) is 0.790. The molecule has 1 saturated heterocycles. The summed E-state index contributed by atoms with van der Waals surface area (Å²) in [5.41, 5.74) is 1.78. The van der Waals surface area contributed by atoms with E-state index >= 15 is 0 Å². The van der Waals surface area contributed by atoms with Gasteiger partial charge in [0.25, 0.3) is 5.91 Å². The second-order valence-corrected chi connectivity index (χ2v) is 8.35. The largest absolute Gasteiger partial charge is 0.481 e. The lowest BCUT2D eigenvalue weighted by molar-refractivity contribution is -0.140. The fraction of sp³-hybridized carbons (Fsp3) is 0.450. The van der Waals surface area contributed by atoms with Crippen LogP contribution in [0.1, 0.15) is 31.0 Å². The number of hydrogen-bond donors (Lipinski definition) is 1. The van der Waals surface area contributed by atoms with Crippen LogP contribution in [0.25, 0.3) is 0 Å². The molecule has 1 aliphatic rings. The number of piperidine rings is 1. The van der Waals surface area contributed by atoms with Crippen LogP contribution in [0.15, 0.2) is 23.6 Å². The summed E-state index contributed by atoms with van der Waals surface area (Å²) in [5.74, 6) is 0.451. The number of anilines is 1. The van der Waals surface area contributed by atoms with Gasteiger partial charge in [0.15, 0.2) is 11.2 Å². The summed E-state index contributed by atoms with van der Waals surface area (Å²) in [5, 5.41) is 6.04. The highest BCUT2D eigenvalue weighted by molar-refractivity contribution is 7.13. The lowest BCUT2D eigenvalue weighted by Gasteiger charge is -2.33. The van der Waals surface area contributed by atoms with Gasteiger partial charge in [0.1, 0.15) is 5.75 Å². The number of benzene rings is 1. The van der Waals surface area contributed by atoms with Crippen molar-refractivity contribution in [2.24, 2.45) is 5.92 Å². The van der Waals surface area contributed by atoms with Crippen LogP contribution in [0.5, 0.6) is 5.75 Å². The number of nitrogens with one attached hydrogen (secondary N) is 1. The highest BCUT2D eigenvalue weighted by Gasteiger charge is 2.30. The average Bonchev–Trinajstić information content (AvgIpc) is 3.08. The van der Waals surface area contributed by atoms with E-state index in [0.717, 1.165) is 11.3 Å². The molecule has 1 N–H and O–H groups in total. The Balaban J connectivity index is 1.50. The van der Waals surface area contributed by atoms with Crippen molar-refractivity contribution < 1.29 is 14.3 Å². The Morgan fingerprint density at radius 2 is 2.04 bits per heavy atom. The van der Waals surface area contributed by atoms with E-state index in [2.05, 4.69) is 10.3 Å². The van der Waals surface area contributed by atoms with Crippen LogP contribution in [0.3, 0.4) is 0 Å². The second kappa shape index (κ2) is 8.92. The smallest absolute Gasteiger partial charge is 0.263 e. The van der Waals surface area contributed by atoms with Gasteiger partial charge in [-0.05, 0) is 57.4 Å². The number of ether oxygens (including phenoxy) is 1. The minimum absolute atomic E-state index is 0.0254. The Bertz CT molecular complexity index is 862. The zero-order valence-corrected chi connectivity index (χ0v) is 17.8. The van der Waals surface area contributed by atoms with Gasteiger partial charge >= 0.3 is 0 Å². The lowest BCUT2D eigenvalue weighted by atomic mass is 9.95. The molecule has 2 amide bonds. The third-order valence-electron chi connectivity index (χ3n) is 4.82. The van der Waals surface area contributed by atoms with Crippen LogP contribution in [0, 0.1) is 19.8 Å². The first-order valence-electron chi connectivity index (χ1n) is 9.28. The third-order valence-corrected chi connectivity index (χ3v) is 5.93. The first kappa shape index (κ1) is 20.6. The molecule has 1 aromatic carbocycles. The molecule has 1 aliphatic heterocycles. The molecular weight excluding hydrogens is 398 g/mol. The van der Waals surface area contributed by atoms with Crippen molar-refractivity contribution in [2.75, 3.05) is 18.4 Å². The van der Waals surface area contributed by atoms with Gasteiger partial charge < -0.3 is 15.0 Å². The Kier molecular flexibility index (Phi) is 6.57. The highest BCUT2D eigenvalue weighted by atomic mass is 35.5. The molecule has 0 bridgehead atoms. The van der Waals surface area contributed by atoms with Crippen molar-refractivity contribution in [3.05, 3.63) is 39.9 Å². The molecule has 1 fully saturated rings. The summed E-state index contributed by atoms with van der Waals surface area (Å²) in [6.07, 6.45) is 0.673. The number of carbonyl (C=O) groups is 2. The Hall–Kier alpha value is -2.12. The van der Waals surface area contributed by atoms with Gasteiger partial charge in [-0.3, -0.25) is 9.59 Å². The summed E-state index contributed by atoms with van der Waals surface area (Å²) >= 11 is 7.38. The molecule has 2 aromatic rings. The molecular formula is C20H24ClN3O3S. The number of likely N-dealkylation sites (tertiary alicyclic amines) is 1. The van der Waals surface area contributed by atoms with Crippen molar-refractivity contribution in [2.45, 2.75) is 39.7 Å². The van der Waals surface area contributed by atoms with E-state index < -0.39 is 6.10 Å². The van der Waals surface area contributed by atoms with E-state index in [9.17, 15) is 9.59 Å². The fourth-order valence-corrected chi connectivity index (χ4v) is 4.14. The number of rotatable bonds is 5. The van der Waals surface area contributed by atoms with Gasteiger partial charge in [0.2, 0.25) is 5.91 Å². The molecule has 6 nitrogen and oxygen atoms in total. The monoisotopic (exact) mass is 421 g/mol. The zero-order valence-electron chi connectivity index (χ0n) is 16.2. The number of carbonyl (C=O) groups excluding carboxylic acids is 2. The second-order valence-electron chi connectivity index (χ2n) is 7.05. The first-order valence-corrected chi connectivity index (χ1v) is 10.5. The predicted octanol–water partition coefficient (Wildman–Crippen LogP) is 4.06. The van der Waals surface area contributed by atoms with Crippen molar-refractivity contribution in [3.8, 4) is 5.75 Å². The van der Waals surface area contributed by atoms with Crippen LogP contribution in [-0.2, 0) is 9.59 Å². The van der Waals surface area contributed by atoms with Gasteiger partial charge in [-0.1, -0.05) is 11.6 Å². The van der Waals surface area contributed by atoms with E-state index in [1.165, 1.54) is 11.3 Å². The molecule has 1 aromatic heterocycles. The van der Waals surface area contributed by atoms with Crippen molar-refractivity contribution in [1.29, 1.82) is 0 Å². The molecule has 0 saturated carbocycles. The highest BCUT2D eigenvalue weighted by Crippen LogP contribution is 2.25. The SMILES string of the molecule is Cc1csc(NC(=O)C2CCN(C(=O)C(C)Oc3ccc(Cl)cc3C)CC2)n1. The standard InChI is InChI=1S/C20H24ClN3O3S/c1-12-10-16(21)4-5-17(12)27-14(3)19(26)24-8-6-15(7-9-24)18(25)23-20-22-13(2)11-28-20/h4-5,10-11,14-15H,6-9H2,1-3H3,(H,22,23,25). The Morgan fingerprint density at radius 3 is 2.64 bits per heavy atom. The Morgan fingerprint density at radius 1 is 1.32 bits per heavy atom. The minimum atomic E-state index is -0.594. The number of thiazole rings is 1. The number of aryl methyl sites for hydroxylation is 2. The van der Waals surface area contributed by atoms with Gasteiger partial charge in [-0.25, -0.2) is 4.98 Å². The van der Waals surface area contributed by atoms with Crippen LogP contribution in [0.2, 0.25) is 5.02 Å². The van der Waals surface area contributed by atoms with Gasteiger partial charge in [-0.2, -0.15) is 0 Å². The molecule has 1 atom stereocenters. The average molecular weight is 422 g/mol. The summed E-state index contributed by atoms with van der Waals surface area (Å²) in [4.78, 5) is 31.2. The lowest BCUT2D eigenvalue weighted by Crippen LogP contribution is -2.46. The molecule has 2 heterocycles. The molecule has 0 radical (unpaired) electrons. The van der Waals surface area contributed by atoms with Crippen molar-refractivity contribution in [3.63, 3.8) is 0 Å². The molecule has 1 unspecified atom stereocenters. The first-order chi connectivity index (χ1) is 13.3. The van der Waals surface area contributed by atoms with Gasteiger partial charge in [-0.15, -0.1) is 11.3 Å². The maximum Gasteiger partial charge on any atom is 0.263 e. The fourth-order valence-electron chi connectivity index (χ4n) is 3.22. The maximum absolute atomic E-state index is 12.7. The molecule has 150 valence electrons. The van der Waals surface area contributed by atoms with E-state index in [1.54, 1.807) is 24.0 Å². The summed E-state index contributed by atoms with van der Waals surface area (Å²) in [6, 6.07) is 5.33. The van der Waals surface area contributed by atoms with Gasteiger partial charge in [0.05, 0.1) is 5.69 Å². The van der Waals surface area contributed by atoms with Crippen LogP contribution < -0.4 is 10.1 Å². The number of nitrogens with zero attached hydrogens (tertiary/aromatic N) is 2. The van der Waals surface area contributed by atoms with Crippen LogP contribution >= 0.6 is 22.9 Å². The number of hydrogen-bond acceptors (Lipinski definition) is 5. The summed E-state index contributed by atoms with van der Waals surface area (Å²) in [6.45, 7) is 6.62. The molecule has 0 spiro atoms. The third kappa shape index (κ3) is 5.02. The van der Waals surface area contributed by atoms with E-state index in [1.807, 2.05) is 25.3 Å². The van der Waals surface area contributed by atoms with E-state index in [4.69, 9.17) is 16.3 Å². The summed E-state index contributed by atoms with van der Waals surface area (Å²) < 4.78 is 5.83. The maximum atomic E-state index is 12.7. The normalized spacial score (nSPS) is 15.9. The zero-order chi connectivity index (χ0) is 20.3. The van der Waals surface area contributed by atoms with Crippen molar-refractivity contribution >= 4 is 39.9 Å².